The molecule has 0 radical (unpaired) electrons. The topological polar surface area (TPSA) is 148 Å². The number of nitriles is 1. The Morgan fingerprint density at radius 1 is 0.905 bits per heavy atom. The molecule has 2 rings (SSSR count). The van der Waals surface area contributed by atoms with Crippen molar-refractivity contribution in [2.24, 2.45) is 11.8 Å². The van der Waals surface area contributed by atoms with Crippen molar-refractivity contribution in [3.05, 3.63) is 41.2 Å². The minimum Gasteiger partial charge on any atom is -0.377 e. The van der Waals surface area contributed by atoms with Crippen LogP contribution >= 0.6 is 0 Å². The van der Waals surface area contributed by atoms with Gasteiger partial charge >= 0.3 is 0 Å². The Hall–Kier alpha value is -3.41. The van der Waals surface area contributed by atoms with Gasteiger partial charge in [0.25, 0.3) is 5.91 Å². The molecule has 42 heavy (non-hydrogen) atoms. The monoisotopic (exact) mass is 592 g/mol. The lowest BCUT2D eigenvalue weighted by Gasteiger charge is -2.16. The second-order valence-corrected chi connectivity index (χ2v) is 9.44. The number of nitrogens with one attached hydrogen (secondary N) is 2. The Morgan fingerprint density at radius 3 is 1.95 bits per heavy atom. The van der Waals surface area contributed by atoms with Crippen molar-refractivity contribution in [1.29, 1.82) is 5.26 Å². The van der Waals surface area contributed by atoms with Gasteiger partial charge in [0.1, 0.15) is 17.5 Å². The number of hydrogen-bond donors (Lipinski definition) is 2. The van der Waals surface area contributed by atoms with E-state index in [1.165, 1.54) is 35.2 Å². The quantitative estimate of drug-likeness (QED) is 0.0862. The zero-order valence-electron chi connectivity index (χ0n) is 24.1. The van der Waals surface area contributed by atoms with Crippen molar-refractivity contribution in [2.75, 3.05) is 92.2 Å². The summed E-state index contributed by atoms with van der Waals surface area (Å²) in [6, 6.07) is 7.42. The summed E-state index contributed by atoms with van der Waals surface area (Å²) in [4.78, 5) is 37.1. The molecular weight excluding hydrogens is 551 g/mol. The molecule has 1 aliphatic rings. The average molecular weight is 593 g/mol. The summed E-state index contributed by atoms with van der Waals surface area (Å²) < 4.78 is 40.1. The first-order valence-electron chi connectivity index (χ1n) is 14.0. The Balaban J connectivity index is 1.48. The Morgan fingerprint density at radius 2 is 1.43 bits per heavy atom. The number of likely N-dealkylation sites (tertiary alicyclic amines) is 1. The molecule has 1 aliphatic heterocycles. The number of rotatable bonds is 22. The van der Waals surface area contributed by atoms with E-state index in [1.807, 2.05) is 13.0 Å². The average Bonchev–Trinajstić information content (AvgIpc) is 3.39. The third-order valence-electron chi connectivity index (χ3n) is 6.28. The number of benzene rings is 1. The van der Waals surface area contributed by atoms with Gasteiger partial charge in [-0.05, 0) is 29.7 Å². The summed E-state index contributed by atoms with van der Waals surface area (Å²) in [5.41, 5.74) is 0.481. The maximum absolute atomic E-state index is 13.1. The minimum absolute atomic E-state index is 0.0644. The molecule has 13 heteroatoms. The van der Waals surface area contributed by atoms with Crippen molar-refractivity contribution in [3.8, 4) is 6.07 Å². The number of carbonyl (C=O) groups excluding carboxylic acids is 3. The van der Waals surface area contributed by atoms with E-state index < -0.39 is 17.6 Å². The molecule has 0 aliphatic carbocycles. The van der Waals surface area contributed by atoms with Gasteiger partial charge in [-0.2, -0.15) is 5.26 Å². The van der Waals surface area contributed by atoms with Gasteiger partial charge < -0.3 is 39.2 Å². The van der Waals surface area contributed by atoms with Crippen LogP contribution in [-0.4, -0.2) is 115 Å². The second-order valence-electron chi connectivity index (χ2n) is 9.44. The van der Waals surface area contributed by atoms with Crippen molar-refractivity contribution >= 4 is 24.3 Å². The first-order chi connectivity index (χ1) is 20.5. The maximum Gasteiger partial charge on any atom is 0.264 e. The van der Waals surface area contributed by atoms with Gasteiger partial charge in [-0.1, -0.05) is 19.1 Å². The molecule has 0 unspecified atom stereocenters. The lowest BCUT2D eigenvalue weighted by Crippen LogP contribution is -2.37. The summed E-state index contributed by atoms with van der Waals surface area (Å²) in [5, 5.41) is 14.8. The van der Waals surface area contributed by atoms with Crippen LogP contribution in [0.5, 0.6) is 0 Å². The summed E-state index contributed by atoms with van der Waals surface area (Å²) in [6.07, 6.45) is 2.05. The summed E-state index contributed by atoms with van der Waals surface area (Å²) in [5.74, 6) is -1.48. The number of amides is 3. The predicted molar refractivity (Wildman–Crippen MR) is 150 cm³/mol. The molecule has 1 heterocycles. The van der Waals surface area contributed by atoms with E-state index in [0.717, 1.165) is 0 Å². The zero-order chi connectivity index (χ0) is 30.4. The van der Waals surface area contributed by atoms with Crippen LogP contribution in [-0.2, 0) is 38.1 Å². The molecule has 1 saturated heterocycles. The van der Waals surface area contributed by atoms with Gasteiger partial charge in [0.2, 0.25) is 12.3 Å². The van der Waals surface area contributed by atoms with Crippen molar-refractivity contribution in [2.45, 2.75) is 6.92 Å². The lowest BCUT2D eigenvalue weighted by atomic mass is 9.97. The second kappa shape index (κ2) is 21.3. The molecule has 232 valence electrons. The molecule has 1 aromatic carbocycles. The van der Waals surface area contributed by atoms with E-state index in [0.29, 0.717) is 97.7 Å². The minimum atomic E-state index is -0.450. The van der Waals surface area contributed by atoms with Crippen LogP contribution in [0.1, 0.15) is 12.5 Å². The molecule has 2 N–H and O–H groups in total. The Bertz CT molecular complexity index is 1020. The molecule has 0 aromatic heterocycles. The van der Waals surface area contributed by atoms with Crippen LogP contribution in [0.2, 0.25) is 0 Å². The number of halogens is 1. The van der Waals surface area contributed by atoms with Gasteiger partial charge in [0, 0.05) is 26.2 Å². The maximum atomic E-state index is 13.1. The van der Waals surface area contributed by atoms with Crippen molar-refractivity contribution < 1.29 is 42.5 Å². The standard InChI is InChI=1S/C29H41FN4O8/c1-23-20-34(29(37)25(19-31)18-24-2-4-26(30)5-3-24)21-27(23)28(36)33-7-9-39-11-13-41-15-17-42-16-14-40-12-10-38-8-6-32-22-35/h2-5,18,22-23,27H,6-17,20-21H2,1H3,(H,32,35)(H,33,36)/b25-18+/t23-,27-/m1/s1. The SMILES string of the molecule is C[C@@H]1CN(C(=O)/C(C#N)=C/c2ccc(F)cc2)C[C@H]1C(=O)NCCOCCOCCOCCOCCOCCNC=O. The van der Waals surface area contributed by atoms with E-state index >= 15 is 0 Å². The fraction of sp³-hybridized carbons (Fsp3) is 0.586. The first-order valence-corrected chi connectivity index (χ1v) is 14.0. The van der Waals surface area contributed by atoms with Crippen molar-refractivity contribution in [1.82, 2.24) is 15.5 Å². The molecule has 1 aromatic rings. The lowest BCUT2D eigenvalue weighted by molar-refractivity contribution is -0.127. The van der Waals surface area contributed by atoms with Crippen LogP contribution in [0.25, 0.3) is 6.08 Å². The van der Waals surface area contributed by atoms with Gasteiger partial charge in [-0.3, -0.25) is 14.4 Å². The van der Waals surface area contributed by atoms with Crippen LogP contribution in [0.4, 0.5) is 4.39 Å². The molecule has 0 spiro atoms. The summed E-state index contributed by atoms with van der Waals surface area (Å²) >= 11 is 0. The van der Waals surface area contributed by atoms with E-state index in [9.17, 15) is 24.0 Å². The van der Waals surface area contributed by atoms with Gasteiger partial charge in [0.05, 0.1) is 72.0 Å². The first kappa shape index (κ1) is 34.8. The highest BCUT2D eigenvalue weighted by Gasteiger charge is 2.37. The molecule has 0 saturated carbocycles. The molecule has 3 amide bonds. The fourth-order valence-corrected chi connectivity index (χ4v) is 4.06. The van der Waals surface area contributed by atoms with Crippen LogP contribution in [0.3, 0.4) is 0 Å². The third kappa shape index (κ3) is 14.0. The van der Waals surface area contributed by atoms with E-state index in [4.69, 9.17) is 23.7 Å². The number of nitrogens with zero attached hydrogens (tertiary/aromatic N) is 2. The molecule has 12 nitrogen and oxygen atoms in total. The van der Waals surface area contributed by atoms with Crippen LogP contribution in [0.15, 0.2) is 29.8 Å². The van der Waals surface area contributed by atoms with E-state index in [1.54, 1.807) is 0 Å². The van der Waals surface area contributed by atoms with E-state index in [2.05, 4.69) is 10.6 Å². The Kier molecular flexibility index (Phi) is 17.7. The molecule has 0 bridgehead atoms. The summed E-state index contributed by atoms with van der Waals surface area (Å²) in [6.45, 7) is 7.49. The largest absolute Gasteiger partial charge is 0.377 e. The highest BCUT2D eigenvalue weighted by Crippen LogP contribution is 2.25. The summed E-state index contributed by atoms with van der Waals surface area (Å²) in [7, 11) is 0. The fourth-order valence-electron chi connectivity index (χ4n) is 4.06. The highest BCUT2D eigenvalue weighted by molar-refractivity contribution is 6.02. The highest BCUT2D eigenvalue weighted by atomic mass is 19.1. The smallest absolute Gasteiger partial charge is 0.264 e. The van der Waals surface area contributed by atoms with E-state index in [-0.39, 0.29) is 23.9 Å². The number of hydrogen-bond acceptors (Lipinski definition) is 9. The molecule has 1 fully saturated rings. The van der Waals surface area contributed by atoms with Crippen LogP contribution in [0, 0.1) is 29.0 Å². The molecular formula is C29H41FN4O8. The molecule has 2 atom stereocenters. The van der Waals surface area contributed by atoms with Gasteiger partial charge in [-0.15, -0.1) is 0 Å². The number of carbonyl (C=O) groups is 3. The third-order valence-corrected chi connectivity index (χ3v) is 6.28. The normalized spacial score (nSPS) is 16.7. The zero-order valence-corrected chi connectivity index (χ0v) is 24.1. The van der Waals surface area contributed by atoms with Gasteiger partial charge in [-0.25, -0.2) is 4.39 Å². The van der Waals surface area contributed by atoms with Gasteiger partial charge in [0.15, 0.2) is 0 Å². The predicted octanol–water partition coefficient (Wildman–Crippen LogP) is 0.772. The van der Waals surface area contributed by atoms with Crippen LogP contribution < -0.4 is 10.6 Å². The van der Waals surface area contributed by atoms with Crippen molar-refractivity contribution in [3.63, 3.8) is 0 Å². The number of ether oxygens (including phenoxy) is 5. The Labute approximate surface area is 246 Å².